The van der Waals surface area contributed by atoms with Crippen LogP contribution in [0.2, 0.25) is 5.02 Å². The zero-order valence-corrected chi connectivity index (χ0v) is 14.5. The van der Waals surface area contributed by atoms with Crippen molar-refractivity contribution >= 4 is 21.6 Å². The van der Waals surface area contributed by atoms with Crippen molar-refractivity contribution in [2.45, 2.75) is 49.5 Å². The van der Waals surface area contributed by atoms with Gasteiger partial charge in [-0.2, -0.15) is 0 Å². The van der Waals surface area contributed by atoms with Crippen LogP contribution in [0.4, 0.5) is 0 Å². The zero-order valence-electron chi connectivity index (χ0n) is 12.9. The summed E-state index contributed by atoms with van der Waals surface area (Å²) in [7, 11) is -0.815. The second-order valence-corrected chi connectivity index (χ2v) is 7.54. The highest BCUT2D eigenvalue weighted by atomic mass is 35.5. The Kier molecular flexibility index (Phi) is 5.94. The van der Waals surface area contributed by atoms with Crippen molar-refractivity contribution in [3.63, 3.8) is 0 Å². The molecule has 7 heteroatoms. The molecular weight excluding hydrogens is 326 g/mol. The lowest BCUT2D eigenvalue weighted by molar-refractivity contribution is 0.391. The van der Waals surface area contributed by atoms with Crippen molar-refractivity contribution in [1.29, 1.82) is 0 Å². The molecule has 1 N–H and O–H groups in total. The second kappa shape index (κ2) is 7.53. The standard InChI is InChI=1S/C15H22ClNO4S/c1-20-13-10-15(14(21-2)9-12(13)16)22(18,19)17-11-7-5-3-4-6-8-11/h9-11,17H,3-8H2,1-2H3. The van der Waals surface area contributed by atoms with E-state index in [1.165, 1.54) is 26.4 Å². The predicted octanol–water partition coefficient (Wildman–Crippen LogP) is 3.36. The maximum Gasteiger partial charge on any atom is 0.244 e. The van der Waals surface area contributed by atoms with Crippen LogP contribution in [0.25, 0.3) is 0 Å². The number of halogens is 1. The van der Waals surface area contributed by atoms with Crippen LogP contribution in [0.3, 0.4) is 0 Å². The molecular formula is C15H22ClNO4S. The van der Waals surface area contributed by atoms with Gasteiger partial charge in [0.2, 0.25) is 10.0 Å². The van der Waals surface area contributed by atoms with Gasteiger partial charge in [0.1, 0.15) is 16.4 Å². The summed E-state index contributed by atoms with van der Waals surface area (Å²) in [4.78, 5) is 0.0560. The molecule has 2 rings (SSSR count). The van der Waals surface area contributed by atoms with Gasteiger partial charge in [-0.15, -0.1) is 0 Å². The molecule has 1 aliphatic carbocycles. The molecule has 0 aliphatic heterocycles. The predicted molar refractivity (Wildman–Crippen MR) is 86.4 cm³/mol. The van der Waals surface area contributed by atoms with Gasteiger partial charge in [-0.3, -0.25) is 0 Å². The lowest BCUT2D eigenvalue weighted by atomic mass is 10.1. The van der Waals surface area contributed by atoms with Gasteiger partial charge in [-0.05, 0) is 12.8 Å². The third kappa shape index (κ3) is 4.06. The first-order valence-corrected chi connectivity index (χ1v) is 9.28. The second-order valence-electron chi connectivity index (χ2n) is 5.45. The van der Waals surface area contributed by atoms with Gasteiger partial charge < -0.3 is 9.47 Å². The minimum absolute atomic E-state index is 0.0288. The number of sulfonamides is 1. The van der Waals surface area contributed by atoms with E-state index >= 15 is 0 Å². The fraction of sp³-hybridized carbons (Fsp3) is 0.600. The van der Waals surface area contributed by atoms with Crippen LogP contribution in [0.1, 0.15) is 38.5 Å². The van der Waals surface area contributed by atoms with Crippen molar-refractivity contribution in [3.05, 3.63) is 17.2 Å². The Bertz CT molecular complexity index is 610. The summed E-state index contributed by atoms with van der Waals surface area (Å²) in [5, 5.41) is 0.313. The number of benzene rings is 1. The first-order chi connectivity index (χ1) is 10.5. The summed E-state index contributed by atoms with van der Waals surface area (Å²) < 4.78 is 38.4. The van der Waals surface area contributed by atoms with Crippen LogP contribution in [0.15, 0.2) is 17.0 Å². The lowest BCUT2D eigenvalue weighted by Crippen LogP contribution is -2.34. The summed E-state index contributed by atoms with van der Waals surface area (Å²) >= 11 is 6.02. The molecule has 1 aromatic carbocycles. The van der Waals surface area contributed by atoms with Crippen LogP contribution < -0.4 is 14.2 Å². The molecule has 0 spiro atoms. The number of ether oxygens (including phenoxy) is 2. The molecule has 1 aliphatic rings. The van der Waals surface area contributed by atoms with Gasteiger partial charge in [0.15, 0.2) is 0 Å². The van der Waals surface area contributed by atoms with Crippen LogP contribution >= 0.6 is 11.6 Å². The summed E-state index contributed by atoms with van der Waals surface area (Å²) in [6.07, 6.45) is 6.16. The summed E-state index contributed by atoms with van der Waals surface area (Å²) in [5.74, 6) is 0.524. The quantitative estimate of drug-likeness (QED) is 0.829. The third-order valence-corrected chi connectivity index (χ3v) is 5.74. The molecule has 0 unspecified atom stereocenters. The SMILES string of the molecule is COc1cc(S(=O)(=O)NC2CCCCCC2)c(OC)cc1Cl. The Morgan fingerprint density at radius 3 is 2.18 bits per heavy atom. The van der Waals surface area contributed by atoms with Gasteiger partial charge in [-0.25, -0.2) is 13.1 Å². The number of rotatable bonds is 5. The van der Waals surface area contributed by atoms with E-state index < -0.39 is 10.0 Å². The molecule has 1 aromatic rings. The van der Waals surface area contributed by atoms with E-state index in [4.69, 9.17) is 21.1 Å². The third-order valence-electron chi connectivity index (χ3n) is 3.90. The van der Waals surface area contributed by atoms with Crippen molar-refractivity contribution in [2.75, 3.05) is 14.2 Å². The minimum atomic E-state index is -3.68. The molecule has 0 bridgehead atoms. The number of methoxy groups -OCH3 is 2. The average molecular weight is 348 g/mol. The topological polar surface area (TPSA) is 64.6 Å². The summed E-state index contributed by atoms with van der Waals surface area (Å²) in [5.41, 5.74) is 0. The average Bonchev–Trinajstić information content (AvgIpc) is 2.74. The molecule has 1 saturated carbocycles. The molecule has 0 saturated heterocycles. The minimum Gasteiger partial charge on any atom is -0.495 e. The molecule has 0 amide bonds. The molecule has 0 heterocycles. The Morgan fingerprint density at radius 1 is 1.05 bits per heavy atom. The van der Waals surface area contributed by atoms with Crippen LogP contribution in [-0.2, 0) is 10.0 Å². The highest BCUT2D eigenvalue weighted by molar-refractivity contribution is 7.89. The number of hydrogen-bond donors (Lipinski definition) is 1. The Hall–Kier alpha value is -0.980. The van der Waals surface area contributed by atoms with Crippen molar-refractivity contribution < 1.29 is 17.9 Å². The number of hydrogen-bond acceptors (Lipinski definition) is 4. The summed E-state index contributed by atoms with van der Waals surface area (Å²) in [6, 6.07) is 2.83. The van der Waals surface area contributed by atoms with Crippen LogP contribution in [0, 0.1) is 0 Å². The normalized spacial score (nSPS) is 17.0. The fourth-order valence-electron chi connectivity index (χ4n) is 2.72. The van der Waals surface area contributed by atoms with E-state index in [9.17, 15) is 8.42 Å². The smallest absolute Gasteiger partial charge is 0.244 e. The maximum absolute atomic E-state index is 12.7. The molecule has 0 radical (unpaired) electrons. The van der Waals surface area contributed by atoms with Gasteiger partial charge in [-0.1, -0.05) is 37.3 Å². The highest BCUT2D eigenvalue weighted by Crippen LogP contribution is 2.35. The molecule has 0 aromatic heterocycles. The Balaban J connectivity index is 2.31. The molecule has 124 valence electrons. The van der Waals surface area contributed by atoms with Crippen molar-refractivity contribution in [3.8, 4) is 11.5 Å². The van der Waals surface area contributed by atoms with Gasteiger partial charge in [0.05, 0.1) is 19.2 Å². The van der Waals surface area contributed by atoms with E-state index in [1.54, 1.807) is 0 Å². The van der Waals surface area contributed by atoms with Gasteiger partial charge in [0, 0.05) is 18.2 Å². The molecule has 0 atom stereocenters. The van der Waals surface area contributed by atoms with Crippen LogP contribution in [0.5, 0.6) is 11.5 Å². The van der Waals surface area contributed by atoms with E-state index in [0.717, 1.165) is 38.5 Å². The van der Waals surface area contributed by atoms with Crippen molar-refractivity contribution in [2.24, 2.45) is 0 Å². The van der Waals surface area contributed by atoms with Crippen molar-refractivity contribution in [1.82, 2.24) is 4.72 Å². The largest absolute Gasteiger partial charge is 0.495 e. The monoisotopic (exact) mass is 347 g/mol. The van der Waals surface area contributed by atoms with Crippen LogP contribution in [-0.4, -0.2) is 28.7 Å². The zero-order chi connectivity index (χ0) is 16.2. The molecule has 1 fully saturated rings. The number of nitrogens with one attached hydrogen (secondary N) is 1. The summed E-state index contributed by atoms with van der Waals surface area (Å²) in [6.45, 7) is 0. The van der Waals surface area contributed by atoms with E-state index in [0.29, 0.717) is 10.8 Å². The fourth-order valence-corrected chi connectivity index (χ4v) is 4.42. The Morgan fingerprint density at radius 2 is 1.64 bits per heavy atom. The molecule has 5 nitrogen and oxygen atoms in total. The highest BCUT2D eigenvalue weighted by Gasteiger charge is 2.26. The first kappa shape index (κ1) is 17.4. The maximum atomic E-state index is 12.7. The van der Waals surface area contributed by atoms with E-state index in [2.05, 4.69) is 4.72 Å². The lowest BCUT2D eigenvalue weighted by Gasteiger charge is -2.18. The van der Waals surface area contributed by atoms with Gasteiger partial charge >= 0.3 is 0 Å². The molecule has 22 heavy (non-hydrogen) atoms. The Labute approximate surface area is 137 Å². The first-order valence-electron chi connectivity index (χ1n) is 7.42. The van der Waals surface area contributed by atoms with E-state index in [1.807, 2.05) is 0 Å². The van der Waals surface area contributed by atoms with Gasteiger partial charge in [0.25, 0.3) is 0 Å². The van der Waals surface area contributed by atoms with E-state index in [-0.39, 0.29) is 16.7 Å².